The van der Waals surface area contributed by atoms with Crippen LogP contribution in [0.4, 0.5) is 34.1 Å². The molecule has 0 unspecified atom stereocenters. The van der Waals surface area contributed by atoms with Crippen LogP contribution in [0.15, 0.2) is 194 Å². The molecule has 2 nitrogen and oxygen atoms in total. The van der Waals surface area contributed by atoms with Gasteiger partial charge >= 0.3 is 0 Å². The van der Waals surface area contributed by atoms with Gasteiger partial charge in [0.05, 0.1) is 5.69 Å². The molecule has 0 aliphatic carbocycles. The van der Waals surface area contributed by atoms with Crippen molar-refractivity contribution in [2.75, 3.05) is 9.80 Å². The summed E-state index contributed by atoms with van der Waals surface area (Å²) in [4.78, 5) is 4.74. The zero-order chi connectivity index (χ0) is 32.6. The number of benzene rings is 8. The van der Waals surface area contributed by atoms with E-state index >= 15 is 0 Å². The number of para-hydroxylation sites is 2. The first-order chi connectivity index (χ1) is 24.3. The van der Waals surface area contributed by atoms with E-state index in [1.165, 1.54) is 42.1 Å². The fourth-order valence-electron chi connectivity index (χ4n) is 6.99. The van der Waals surface area contributed by atoms with Crippen LogP contribution in [-0.4, -0.2) is 0 Å². The number of anilines is 6. The normalized spacial score (nSPS) is 11.3. The number of nitrogens with zero attached hydrogens (tertiary/aromatic N) is 2. The quantitative estimate of drug-likeness (QED) is 0.170. The Morgan fingerprint density at radius 2 is 0.837 bits per heavy atom. The van der Waals surface area contributed by atoms with Crippen LogP contribution in [0, 0.1) is 0 Å². The second-order valence-corrected chi connectivity index (χ2v) is 13.3. The van der Waals surface area contributed by atoms with Crippen molar-refractivity contribution < 1.29 is 0 Å². The van der Waals surface area contributed by atoms with Gasteiger partial charge in [-0.15, -0.1) is 11.3 Å². The molecule has 0 aliphatic heterocycles. The van der Waals surface area contributed by atoms with Crippen molar-refractivity contribution in [2.24, 2.45) is 0 Å². The maximum absolute atomic E-state index is 2.43. The zero-order valence-electron chi connectivity index (χ0n) is 26.8. The van der Waals surface area contributed by atoms with Gasteiger partial charge in [-0.25, -0.2) is 0 Å². The number of fused-ring (bicyclic) bond motifs is 4. The van der Waals surface area contributed by atoms with Crippen molar-refractivity contribution in [2.45, 2.75) is 0 Å². The highest BCUT2D eigenvalue weighted by molar-refractivity contribution is 7.25. The monoisotopic (exact) mass is 644 g/mol. The van der Waals surface area contributed by atoms with Crippen LogP contribution >= 0.6 is 11.3 Å². The van der Waals surface area contributed by atoms with E-state index in [4.69, 9.17) is 0 Å². The molecule has 9 rings (SSSR count). The molecule has 0 spiro atoms. The molecule has 1 heterocycles. The summed E-state index contributed by atoms with van der Waals surface area (Å²) in [5, 5.41) is 5.06. The third kappa shape index (κ3) is 5.31. The molecule has 1 aromatic heterocycles. The van der Waals surface area contributed by atoms with Crippen LogP contribution in [0.3, 0.4) is 0 Å². The van der Waals surface area contributed by atoms with E-state index < -0.39 is 0 Å². The van der Waals surface area contributed by atoms with Crippen molar-refractivity contribution in [3.63, 3.8) is 0 Å². The molecule has 232 valence electrons. The van der Waals surface area contributed by atoms with Crippen molar-refractivity contribution >= 4 is 76.4 Å². The lowest BCUT2D eigenvalue weighted by Crippen LogP contribution is -2.13. The van der Waals surface area contributed by atoms with Crippen LogP contribution < -0.4 is 9.80 Å². The summed E-state index contributed by atoms with van der Waals surface area (Å²) in [6.07, 6.45) is 0. The largest absolute Gasteiger partial charge is 0.311 e. The predicted molar refractivity (Wildman–Crippen MR) is 212 cm³/mol. The zero-order valence-corrected chi connectivity index (χ0v) is 27.6. The molecule has 0 aliphatic rings. The van der Waals surface area contributed by atoms with Crippen LogP contribution in [0.2, 0.25) is 0 Å². The van der Waals surface area contributed by atoms with E-state index in [9.17, 15) is 0 Å². The smallest absolute Gasteiger partial charge is 0.0546 e. The molecule has 0 amide bonds. The van der Waals surface area contributed by atoms with Crippen LogP contribution in [0.25, 0.3) is 42.1 Å². The second-order valence-electron chi connectivity index (χ2n) is 12.2. The molecule has 0 radical (unpaired) electrons. The molecular weight excluding hydrogens is 613 g/mol. The Hall–Kier alpha value is -6.16. The maximum Gasteiger partial charge on any atom is 0.0546 e. The number of hydrogen-bond acceptors (Lipinski definition) is 3. The Morgan fingerprint density at radius 3 is 1.53 bits per heavy atom. The van der Waals surface area contributed by atoms with Gasteiger partial charge in [-0.1, -0.05) is 121 Å². The Balaban J connectivity index is 1.26. The van der Waals surface area contributed by atoms with Crippen molar-refractivity contribution in [3.8, 4) is 11.1 Å². The van der Waals surface area contributed by atoms with Gasteiger partial charge in [0.1, 0.15) is 0 Å². The SMILES string of the molecule is c1ccc(-c2c(N(c3ccc(N(c4ccccc4)c4ccccc4)cc3)c3ccc4c(c3)sc3ccccc34)ccc3ccccc23)cc1. The minimum Gasteiger partial charge on any atom is -0.311 e. The second kappa shape index (κ2) is 12.5. The van der Waals surface area contributed by atoms with E-state index in [1.54, 1.807) is 0 Å². The van der Waals surface area contributed by atoms with Gasteiger partial charge < -0.3 is 9.80 Å². The summed E-state index contributed by atoms with van der Waals surface area (Å²) in [6.45, 7) is 0. The molecule has 0 fully saturated rings. The van der Waals surface area contributed by atoms with E-state index in [0.29, 0.717) is 0 Å². The number of rotatable bonds is 7. The van der Waals surface area contributed by atoms with Gasteiger partial charge in [0.2, 0.25) is 0 Å². The van der Waals surface area contributed by atoms with Crippen molar-refractivity contribution in [1.29, 1.82) is 0 Å². The average molecular weight is 645 g/mol. The maximum atomic E-state index is 2.43. The van der Waals surface area contributed by atoms with Gasteiger partial charge in [-0.2, -0.15) is 0 Å². The first-order valence-electron chi connectivity index (χ1n) is 16.6. The Kier molecular flexibility index (Phi) is 7.38. The fourth-order valence-corrected chi connectivity index (χ4v) is 8.13. The van der Waals surface area contributed by atoms with Crippen molar-refractivity contribution in [3.05, 3.63) is 194 Å². The highest BCUT2D eigenvalue weighted by Gasteiger charge is 2.21. The van der Waals surface area contributed by atoms with Crippen LogP contribution in [0.5, 0.6) is 0 Å². The average Bonchev–Trinajstić information content (AvgIpc) is 3.55. The van der Waals surface area contributed by atoms with Gasteiger partial charge in [-0.3, -0.25) is 0 Å². The summed E-state index contributed by atoms with van der Waals surface area (Å²) < 4.78 is 2.59. The Labute approximate surface area is 290 Å². The van der Waals surface area contributed by atoms with Gasteiger partial charge in [0, 0.05) is 54.2 Å². The van der Waals surface area contributed by atoms with Gasteiger partial charge in [-0.05, 0) is 89.1 Å². The van der Waals surface area contributed by atoms with Gasteiger partial charge in [0.25, 0.3) is 0 Å². The summed E-state index contributed by atoms with van der Waals surface area (Å²) in [7, 11) is 0. The standard InChI is InChI=1S/C46H32N2S/c1-4-15-34(16-5-1)46-40-21-11-10-14-33(40)24-31-43(46)48(39-29-30-42-41-22-12-13-23-44(41)49-45(42)32-39)38-27-25-37(26-28-38)47(35-17-6-2-7-18-35)36-19-8-3-9-20-36/h1-32H. The first kappa shape index (κ1) is 29.0. The van der Waals surface area contributed by atoms with Gasteiger partial charge in [0.15, 0.2) is 0 Å². The van der Waals surface area contributed by atoms with E-state index in [1.807, 2.05) is 11.3 Å². The fraction of sp³-hybridized carbons (Fsp3) is 0. The van der Waals surface area contributed by atoms with Crippen LogP contribution in [-0.2, 0) is 0 Å². The lowest BCUT2D eigenvalue weighted by molar-refractivity contribution is 1.26. The molecule has 0 bridgehead atoms. The molecule has 49 heavy (non-hydrogen) atoms. The van der Waals surface area contributed by atoms with E-state index in [0.717, 1.165) is 34.1 Å². The molecular formula is C46H32N2S. The first-order valence-corrected chi connectivity index (χ1v) is 17.4. The molecule has 3 heteroatoms. The number of hydrogen-bond donors (Lipinski definition) is 0. The predicted octanol–water partition coefficient (Wildman–Crippen LogP) is 13.8. The third-order valence-corrected chi connectivity index (χ3v) is 10.4. The molecule has 9 aromatic rings. The topological polar surface area (TPSA) is 6.48 Å². The molecule has 0 saturated heterocycles. The highest BCUT2D eigenvalue weighted by Crippen LogP contribution is 2.46. The Morgan fingerprint density at radius 1 is 0.327 bits per heavy atom. The number of thiophene rings is 1. The molecule has 0 atom stereocenters. The van der Waals surface area contributed by atoms with Crippen molar-refractivity contribution in [1.82, 2.24) is 0 Å². The Bertz CT molecular complexity index is 2500. The minimum atomic E-state index is 1.10. The lowest BCUT2D eigenvalue weighted by Gasteiger charge is -2.30. The summed E-state index contributed by atoms with van der Waals surface area (Å²) in [6, 6.07) is 69.8. The molecule has 8 aromatic carbocycles. The lowest BCUT2D eigenvalue weighted by atomic mass is 9.95. The van der Waals surface area contributed by atoms with E-state index in [-0.39, 0.29) is 0 Å². The van der Waals surface area contributed by atoms with Crippen LogP contribution in [0.1, 0.15) is 0 Å². The summed E-state index contributed by atoms with van der Waals surface area (Å²) in [5.74, 6) is 0. The molecule has 0 saturated carbocycles. The minimum absolute atomic E-state index is 1.10. The van der Waals surface area contributed by atoms with E-state index in [2.05, 4.69) is 204 Å². The third-order valence-electron chi connectivity index (χ3n) is 9.23. The summed E-state index contributed by atoms with van der Waals surface area (Å²) in [5.41, 5.74) is 9.11. The highest BCUT2D eigenvalue weighted by atomic mass is 32.1. The summed E-state index contributed by atoms with van der Waals surface area (Å²) >= 11 is 1.86. The molecule has 0 N–H and O–H groups in total.